The molecule has 1 aromatic rings. The van der Waals surface area contributed by atoms with Crippen LogP contribution in [0.5, 0.6) is 0 Å². The zero-order chi connectivity index (χ0) is 13.9. The van der Waals surface area contributed by atoms with Crippen LogP contribution in [0, 0.1) is 0 Å². The van der Waals surface area contributed by atoms with Gasteiger partial charge in [0.1, 0.15) is 0 Å². The monoisotopic (exact) mass is 284 g/mol. The number of rotatable bonds is 4. The Morgan fingerprint density at radius 1 is 1.32 bits per heavy atom. The van der Waals surface area contributed by atoms with E-state index in [0.717, 1.165) is 0 Å². The molecule has 0 bridgehead atoms. The molecule has 6 heteroatoms. The smallest absolute Gasteiger partial charge is 0.241 e. The summed E-state index contributed by atoms with van der Waals surface area (Å²) in [6.45, 7) is 3.28. The van der Waals surface area contributed by atoms with Gasteiger partial charge >= 0.3 is 0 Å². The average molecular weight is 284 g/mol. The summed E-state index contributed by atoms with van der Waals surface area (Å²) in [4.78, 5) is 0.269. The summed E-state index contributed by atoms with van der Waals surface area (Å²) < 4.78 is 33.0. The van der Waals surface area contributed by atoms with Gasteiger partial charge in [0.2, 0.25) is 10.0 Å². The lowest BCUT2D eigenvalue weighted by molar-refractivity contribution is 0.0537. The summed E-state index contributed by atoms with van der Waals surface area (Å²) in [6.07, 6.45) is 1.36. The molecule has 0 unspecified atom stereocenters. The Labute approximate surface area is 114 Å². The van der Waals surface area contributed by atoms with E-state index in [0.29, 0.717) is 31.6 Å². The standard InChI is InChI=1S/C13H20N2O3S/c1-13(6-8-18-9-7-13)15-19(16,17)12-5-3-2-4-11(12)10-14/h2-5,15H,6-10,14H2,1H3. The topological polar surface area (TPSA) is 81.4 Å². The van der Waals surface area contributed by atoms with Crippen molar-refractivity contribution in [1.29, 1.82) is 0 Å². The maximum Gasteiger partial charge on any atom is 0.241 e. The molecule has 0 atom stereocenters. The van der Waals surface area contributed by atoms with Crippen LogP contribution < -0.4 is 10.5 Å². The van der Waals surface area contributed by atoms with Gasteiger partial charge in [-0.1, -0.05) is 18.2 Å². The first kappa shape index (κ1) is 14.5. The van der Waals surface area contributed by atoms with Crippen molar-refractivity contribution in [2.24, 2.45) is 5.73 Å². The third-order valence-electron chi connectivity index (χ3n) is 3.46. The van der Waals surface area contributed by atoms with E-state index in [2.05, 4.69) is 4.72 Å². The molecule has 1 heterocycles. The fraction of sp³-hybridized carbons (Fsp3) is 0.538. The average Bonchev–Trinajstić information content (AvgIpc) is 2.38. The van der Waals surface area contributed by atoms with E-state index < -0.39 is 15.6 Å². The van der Waals surface area contributed by atoms with Crippen LogP contribution in [-0.4, -0.2) is 27.2 Å². The van der Waals surface area contributed by atoms with Gasteiger partial charge in [-0.25, -0.2) is 13.1 Å². The Morgan fingerprint density at radius 3 is 2.58 bits per heavy atom. The zero-order valence-electron chi connectivity index (χ0n) is 11.1. The summed E-state index contributed by atoms with van der Waals surface area (Å²) in [5, 5.41) is 0. The third kappa shape index (κ3) is 3.33. The van der Waals surface area contributed by atoms with E-state index in [1.807, 2.05) is 6.92 Å². The SMILES string of the molecule is CC1(NS(=O)(=O)c2ccccc2CN)CCOCC1. The maximum absolute atomic E-state index is 12.5. The van der Waals surface area contributed by atoms with Crippen molar-refractivity contribution in [3.63, 3.8) is 0 Å². The fourth-order valence-corrected chi connectivity index (χ4v) is 3.96. The van der Waals surface area contributed by atoms with E-state index in [9.17, 15) is 8.42 Å². The van der Waals surface area contributed by atoms with Gasteiger partial charge in [-0.05, 0) is 31.4 Å². The van der Waals surface area contributed by atoms with E-state index in [-0.39, 0.29) is 11.4 Å². The van der Waals surface area contributed by atoms with Crippen molar-refractivity contribution in [3.05, 3.63) is 29.8 Å². The molecular weight excluding hydrogens is 264 g/mol. The highest BCUT2D eigenvalue weighted by atomic mass is 32.2. The molecular formula is C13H20N2O3S. The van der Waals surface area contributed by atoms with Crippen LogP contribution in [0.4, 0.5) is 0 Å². The highest BCUT2D eigenvalue weighted by Crippen LogP contribution is 2.24. The first-order valence-electron chi connectivity index (χ1n) is 6.37. The molecule has 0 aliphatic carbocycles. The minimum Gasteiger partial charge on any atom is -0.381 e. The predicted octanol–water partition coefficient (Wildman–Crippen LogP) is 0.993. The van der Waals surface area contributed by atoms with Crippen molar-refractivity contribution in [1.82, 2.24) is 4.72 Å². The van der Waals surface area contributed by atoms with Gasteiger partial charge in [-0.3, -0.25) is 0 Å². The molecule has 106 valence electrons. The summed E-state index contributed by atoms with van der Waals surface area (Å²) in [7, 11) is -3.55. The van der Waals surface area contributed by atoms with Gasteiger partial charge in [-0.2, -0.15) is 0 Å². The highest BCUT2D eigenvalue weighted by Gasteiger charge is 2.33. The molecule has 1 aliphatic heterocycles. The summed E-state index contributed by atoms with van der Waals surface area (Å²) >= 11 is 0. The summed E-state index contributed by atoms with van der Waals surface area (Å²) in [6, 6.07) is 6.82. The Kier molecular flexibility index (Phi) is 4.25. The quantitative estimate of drug-likeness (QED) is 0.864. The molecule has 1 aliphatic rings. The second kappa shape index (κ2) is 5.58. The molecule has 1 saturated heterocycles. The molecule has 0 saturated carbocycles. The number of ether oxygens (including phenoxy) is 1. The molecule has 1 fully saturated rings. The Hall–Kier alpha value is -0.950. The number of hydrogen-bond acceptors (Lipinski definition) is 4. The van der Waals surface area contributed by atoms with Gasteiger partial charge in [0.15, 0.2) is 0 Å². The number of sulfonamides is 1. The van der Waals surface area contributed by atoms with Crippen LogP contribution in [0.2, 0.25) is 0 Å². The number of hydrogen-bond donors (Lipinski definition) is 2. The Balaban J connectivity index is 2.27. The Bertz CT molecular complexity index is 537. The van der Waals surface area contributed by atoms with Gasteiger partial charge in [0, 0.05) is 25.3 Å². The lowest BCUT2D eigenvalue weighted by atomic mass is 9.94. The molecule has 0 amide bonds. The molecule has 5 nitrogen and oxygen atoms in total. The first-order chi connectivity index (χ1) is 8.97. The van der Waals surface area contributed by atoms with Gasteiger partial charge < -0.3 is 10.5 Å². The van der Waals surface area contributed by atoms with Crippen LogP contribution in [0.3, 0.4) is 0 Å². The number of benzene rings is 1. The largest absolute Gasteiger partial charge is 0.381 e. The van der Waals surface area contributed by atoms with Crippen molar-refractivity contribution in [2.45, 2.75) is 36.7 Å². The van der Waals surface area contributed by atoms with E-state index in [1.165, 1.54) is 0 Å². The predicted molar refractivity (Wildman–Crippen MR) is 73.1 cm³/mol. The molecule has 0 radical (unpaired) electrons. The van der Waals surface area contributed by atoms with Crippen molar-refractivity contribution in [3.8, 4) is 0 Å². The van der Waals surface area contributed by atoms with Gasteiger partial charge in [-0.15, -0.1) is 0 Å². The fourth-order valence-electron chi connectivity index (χ4n) is 2.24. The van der Waals surface area contributed by atoms with E-state index >= 15 is 0 Å². The second-order valence-electron chi connectivity index (χ2n) is 5.09. The summed E-state index contributed by atoms with van der Waals surface area (Å²) in [5.41, 5.74) is 5.79. The summed E-state index contributed by atoms with van der Waals surface area (Å²) in [5.74, 6) is 0. The van der Waals surface area contributed by atoms with Crippen LogP contribution in [0.1, 0.15) is 25.3 Å². The van der Waals surface area contributed by atoms with Crippen LogP contribution in [-0.2, 0) is 21.3 Å². The zero-order valence-corrected chi connectivity index (χ0v) is 11.9. The van der Waals surface area contributed by atoms with Crippen LogP contribution in [0.25, 0.3) is 0 Å². The number of nitrogens with one attached hydrogen (secondary N) is 1. The molecule has 1 aromatic carbocycles. The second-order valence-corrected chi connectivity index (χ2v) is 6.74. The molecule has 3 N–H and O–H groups in total. The highest BCUT2D eigenvalue weighted by molar-refractivity contribution is 7.89. The van der Waals surface area contributed by atoms with Crippen LogP contribution >= 0.6 is 0 Å². The normalized spacial score (nSPS) is 19.3. The first-order valence-corrected chi connectivity index (χ1v) is 7.85. The molecule has 19 heavy (non-hydrogen) atoms. The van der Waals surface area contributed by atoms with E-state index in [1.54, 1.807) is 24.3 Å². The minimum atomic E-state index is -3.55. The molecule has 0 spiro atoms. The minimum absolute atomic E-state index is 0.205. The van der Waals surface area contributed by atoms with Gasteiger partial charge in [0.05, 0.1) is 4.90 Å². The Morgan fingerprint density at radius 2 is 1.95 bits per heavy atom. The van der Waals surface area contributed by atoms with Crippen molar-refractivity contribution < 1.29 is 13.2 Å². The molecule has 2 rings (SSSR count). The van der Waals surface area contributed by atoms with Crippen molar-refractivity contribution in [2.75, 3.05) is 13.2 Å². The van der Waals surface area contributed by atoms with Crippen LogP contribution in [0.15, 0.2) is 29.2 Å². The van der Waals surface area contributed by atoms with E-state index in [4.69, 9.17) is 10.5 Å². The third-order valence-corrected chi connectivity index (χ3v) is 5.20. The molecule has 0 aromatic heterocycles. The lowest BCUT2D eigenvalue weighted by Crippen LogP contribution is -2.49. The van der Waals surface area contributed by atoms with Gasteiger partial charge in [0.25, 0.3) is 0 Å². The number of nitrogens with two attached hydrogens (primary N) is 1. The van der Waals surface area contributed by atoms with Crippen molar-refractivity contribution >= 4 is 10.0 Å². The maximum atomic E-state index is 12.5. The lowest BCUT2D eigenvalue weighted by Gasteiger charge is -2.34.